The fourth-order valence-corrected chi connectivity index (χ4v) is 1.49. The molecule has 2 aromatic rings. The Hall–Kier alpha value is -2.19. The number of aromatic nitrogens is 3. The van der Waals surface area contributed by atoms with Crippen LogP contribution >= 0.6 is 12.4 Å². The Labute approximate surface area is 120 Å². The van der Waals surface area contributed by atoms with Gasteiger partial charge in [0.25, 0.3) is 17.3 Å². The number of amides is 1. The van der Waals surface area contributed by atoms with Gasteiger partial charge in [-0.3, -0.25) is 14.4 Å². The number of ether oxygens (including phenoxy) is 1. The fourth-order valence-electron chi connectivity index (χ4n) is 1.49. The highest BCUT2D eigenvalue weighted by molar-refractivity contribution is 5.91. The lowest BCUT2D eigenvalue weighted by Gasteiger charge is -2.03. The second-order valence-corrected chi connectivity index (χ2v) is 3.70. The Morgan fingerprint density at radius 2 is 2.40 bits per heavy atom. The van der Waals surface area contributed by atoms with Gasteiger partial charge in [-0.1, -0.05) is 6.07 Å². The van der Waals surface area contributed by atoms with E-state index in [-0.39, 0.29) is 41.8 Å². The maximum absolute atomic E-state index is 11.9. The van der Waals surface area contributed by atoms with Crippen LogP contribution in [0.3, 0.4) is 0 Å². The van der Waals surface area contributed by atoms with Gasteiger partial charge < -0.3 is 15.3 Å². The van der Waals surface area contributed by atoms with E-state index in [1.165, 1.54) is 7.11 Å². The molecule has 2 rings (SSSR count). The van der Waals surface area contributed by atoms with Crippen molar-refractivity contribution in [2.45, 2.75) is 13.2 Å². The van der Waals surface area contributed by atoms with Crippen molar-refractivity contribution in [2.24, 2.45) is 0 Å². The van der Waals surface area contributed by atoms with Crippen LogP contribution in [-0.2, 0) is 17.9 Å². The zero-order valence-electron chi connectivity index (χ0n) is 10.6. The van der Waals surface area contributed by atoms with Gasteiger partial charge in [0, 0.05) is 31.2 Å². The van der Waals surface area contributed by atoms with Crippen LogP contribution in [-0.4, -0.2) is 23.2 Å². The van der Waals surface area contributed by atoms with Gasteiger partial charge in [0.05, 0.1) is 0 Å². The highest BCUT2D eigenvalue weighted by Crippen LogP contribution is 2.03. The molecular weight excluding hydrogens is 288 g/mol. The largest absolute Gasteiger partial charge is 0.376 e. The number of halogens is 1. The summed E-state index contributed by atoms with van der Waals surface area (Å²) in [6.07, 6.45) is 3.25. The molecule has 0 aromatic carbocycles. The van der Waals surface area contributed by atoms with Crippen molar-refractivity contribution in [1.29, 1.82) is 0 Å². The molecule has 0 unspecified atom stereocenters. The van der Waals surface area contributed by atoms with Crippen LogP contribution in [0.25, 0.3) is 0 Å². The number of nitrogens with zero attached hydrogens (tertiary/aromatic N) is 3. The molecule has 2 aromatic heterocycles. The first kappa shape index (κ1) is 15.9. The lowest BCUT2D eigenvalue weighted by atomic mass is 10.2. The number of hydrogen-bond donors (Lipinski definition) is 1. The molecule has 0 radical (unpaired) electrons. The Balaban J connectivity index is 0.00000200. The van der Waals surface area contributed by atoms with Gasteiger partial charge in [-0.05, 0) is 16.5 Å². The van der Waals surface area contributed by atoms with Gasteiger partial charge in [0.2, 0.25) is 0 Å². The molecule has 9 heteroatoms. The number of hydrogen-bond acceptors (Lipinski definition) is 6. The Morgan fingerprint density at radius 1 is 1.60 bits per heavy atom. The summed E-state index contributed by atoms with van der Waals surface area (Å²) >= 11 is 0. The van der Waals surface area contributed by atoms with E-state index in [1.54, 1.807) is 18.5 Å². The maximum Gasteiger partial charge on any atom is 0.300 e. The number of carbonyl (C=O) groups excluding carboxylic acids is 1. The monoisotopic (exact) mass is 300 g/mol. The minimum absolute atomic E-state index is 0. The molecule has 0 bridgehead atoms. The van der Waals surface area contributed by atoms with Crippen LogP contribution < -0.4 is 10.2 Å². The summed E-state index contributed by atoms with van der Waals surface area (Å²) in [6.45, 7) is 0.276. The topological polar surface area (TPSA) is 104 Å². The van der Waals surface area contributed by atoms with Crippen molar-refractivity contribution in [2.75, 3.05) is 7.11 Å². The fraction of sp³-hybridized carbons (Fsp3) is 0.273. The highest BCUT2D eigenvalue weighted by Gasteiger charge is 2.26. The molecule has 20 heavy (non-hydrogen) atoms. The van der Waals surface area contributed by atoms with Gasteiger partial charge in [-0.2, -0.15) is 0 Å². The number of methoxy groups -OCH3 is 1. The second-order valence-electron chi connectivity index (χ2n) is 3.70. The number of pyridine rings is 1. The first-order valence-electron chi connectivity index (χ1n) is 5.47. The molecule has 1 amide bonds. The van der Waals surface area contributed by atoms with E-state index in [4.69, 9.17) is 4.74 Å². The standard InChI is InChI=1S/C11H12N4O4.ClH/c1-18-7-9-10(15(17)19-14-9)11(16)13-6-8-3-2-4-12-5-8;/h2-5H,6-7H2,1H3,(H,13,16);1H. The van der Waals surface area contributed by atoms with Crippen molar-refractivity contribution in [3.05, 3.63) is 46.7 Å². The molecule has 0 aliphatic heterocycles. The SMILES string of the molecule is COCc1no[n+]([O-])c1C(=O)NCc1cccnc1.Cl. The molecule has 0 spiro atoms. The average Bonchev–Trinajstić information content (AvgIpc) is 2.79. The number of carbonyl (C=O) groups is 1. The molecule has 0 aliphatic rings. The molecular formula is C11H13ClN4O4. The van der Waals surface area contributed by atoms with Gasteiger partial charge >= 0.3 is 0 Å². The lowest BCUT2D eigenvalue weighted by molar-refractivity contribution is -0.803. The second kappa shape index (κ2) is 7.41. The predicted molar refractivity (Wildman–Crippen MR) is 68.8 cm³/mol. The summed E-state index contributed by atoms with van der Waals surface area (Å²) in [6, 6.07) is 3.56. The first-order chi connectivity index (χ1) is 9.22. The van der Waals surface area contributed by atoms with E-state index in [9.17, 15) is 10.0 Å². The summed E-state index contributed by atoms with van der Waals surface area (Å²) in [5.74, 6) is -0.577. The molecule has 0 fully saturated rings. The summed E-state index contributed by atoms with van der Waals surface area (Å²) in [5.41, 5.74) is 0.768. The van der Waals surface area contributed by atoms with E-state index in [0.717, 1.165) is 5.56 Å². The van der Waals surface area contributed by atoms with Crippen LogP contribution in [0.15, 0.2) is 29.2 Å². The summed E-state index contributed by atoms with van der Waals surface area (Å²) in [5, 5.41) is 17.4. The van der Waals surface area contributed by atoms with Gasteiger partial charge in [-0.15, -0.1) is 12.4 Å². The first-order valence-corrected chi connectivity index (χ1v) is 5.47. The molecule has 2 heterocycles. The van der Waals surface area contributed by atoms with Crippen LogP contribution in [0.5, 0.6) is 0 Å². The highest BCUT2D eigenvalue weighted by atomic mass is 35.5. The van der Waals surface area contributed by atoms with Gasteiger partial charge in [0.1, 0.15) is 6.61 Å². The molecule has 0 atom stereocenters. The summed E-state index contributed by atoms with van der Waals surface area (Å²) < 4.78 is 9.21. The molecule has 0 saturated carbocycles. The third-order valence-corrected chi connectivity index (χ3v) is 2.35. The Kier molecular flexibility index (Phi) is 5.88. The zero-order valence-corrected chi connectivity index (χ0v) is 11.4. The Bertz CT molecular complexity index is 561. The quantitative estimate of drug-likeness (QED) is 0.791. The van der Waals surface area contributed by atoms with Crippen molar-refractivity contribution in [1.82, 2.24) is 15.5 Å². The minimum atomic E-state index is -0.577. The molecule has 0 saturated heterocycles. The van der Waals surface area contributed by atoms with Crippen LogP contribution in [0.4, 0.5) is 0 Å². The third kappa shape index (κ3) is 3.65. The summed E-state index contributed by atoms with van der Waals surface area (Å²) in [7, 11) is 1.43. The summed E-state index contributed by atoms with van der Waals surface area (Å²) in [4.78, 5) is 15.9. The molecule has 1 N–H and O–H groups in total. The van der Waals surface area contributed by atoms with E-state index in [1.807, 2.05) is 6.07 Å². The third-order valence-electron chi connectivity index (χ3n) is 2.35. The van der Waals surface area contributed by atoms with Gasteiger partial charge in [-0.25, -0.2) is 0 Å². The minimum Gasteiger partial charge on any atom is -0.376 e. The smallest absolute Gasteiger partial charge is 0.300 e. The van der Waals surface area contributed by atoms with Crippen LogP contribution in [0.1, 0.15) is 21.7 Å². The number of rotatable bonds is 5. The van der Waals surface area contributed by atoms with E-state index in [2.05, 4.69) is 20.1 Å². The zero-order chi connectivity index (χ0) is 13.7. The average molecular weight is 301 g/mol. The van der Waals surface area contributed by atoms with Crippen LogP contribution in [0.2, 0.25) is 0 Å². The van der Waals surface area contributed by atoms with Crippen molar-refractivity contribution in [3.8, 4) is 0 Å². The van der Waals surface area contributed by atoms with Gasteiger partial charge in [0.15, 0.2) is 0 Å². The molecule has 8 nitrogen and oxygen atoms in total. The predicted octanol–water partition coefficient (Wildman–Crippen LogP) is 0.201. The maximum atomic E-state index is 11.9. The molecule has 0 aliphatic carbocycles. The lowest BCUT2D eigenvalue weighted by Crippen LogP contribution is -2.37. The normalized spacial score (nSPS) is 9.85. The Morgan fingerprint density at radius 3 is 3.05 bits per heavy atom. The van der Waals surface area contributed by atoms with E-state index in [0.29, 0.717) is 0 Å². The number of nitrogens with one attached hydrogen (secondary N) is 1. The van der Waals surface area contributed by atoms with E-state index >= 15 is 0 Å². The molecule has 108 valence electrons. The van der Waals surface area contributed by atoms with Crippen molar-refractivity contribution < 1.29 is 19.1 Å². The van der Waals surface area contributed by atoms with Crippen molar-refractivity contribution >= 4 is 18.3 Å². The van der Waals surface area contributed by atoms with Crippen molar-refractivity contribution in [3.63, 3.8) is 0 Å². The van der Waals surface area contributed by atoms with Crippen LogP contribution in [0, 0.1) is 5.21 Å². The van der Waals surface area contributed by atoms with E-state index < -0.39 is 5.91 Å².